The fraction of sp³-hybridized carbons (Fsp3) is 0.769. The van der Waals surface area contributed by atoms with E-state index in [9.17, 15) is 0 Å². The second-order valence-corrected chi connectivity index (χ2v) is 5.98. The molecule has 2 atom stereocenters. The molecule has 1 aromatic heterocycles. The molecule has 1 N–H and O–H groups in total. The fourth-order valence-corrected chi connectivity index (χ4v) is 3.08. The average molecular weight is 222 g/mol. The summed E-state index contributed by atoms with van der Waals surface area (Å²) in [7, 11) is 0. The first-order valence-electron chi connectivity index (χ1n) is 6.18. The molecule has 1 aromatic rings. The van der Waals surface area contributed by atoms with Crippen molar-refractivity contribution in [2.75, 3.05) is 0 Å². The molecular weight excluding hydrogens is 200 g/mol. The Morgan fingerprint density at radius 1 is 1.50 bits per heavy atom. The first kappa shape index (κ1) is 11.6. The quantitative estimate of drug-likeness (QED) is 0.854. The predicted molar refractivity (Wildman–Crippen MR) is 63.9 cm³/mol. The Morgan fingerprint density at radius 3 is 2.94 bits per heavy atom. The zero-order valence-electron chi connectivity index (χ0n) is 10.5. The number of hydrogen-bond donors (Lipinski definition) is 1. The van der Waals surface area contributed by atoms with Crippen LogP contribution in [-0.2, 0) is 6.54 Å². The third-order valence-electron chi connectivity index (χ3n) is 3.45. The van der Waals surface area contributed by atoms with E-state index in [1.807, 2.05) is 6.07 Å². The SMILES string of the molecule is CC1CC(NCc2ccon2)CC(C)(C)C1. The van der Waals surface area contributed by atoms with E-state index in [4.69, 9.17) is 4.52 Å². The van der Waals surface area contributed by atoms with Gasteiger partial charge >= 0.3 is 0 Å². The van der Waals surface area contributed by atoms with Crippen molar-refractivity contribution in [2.45, 2.75) is 52.6 Å². The fourth-order valence-electron chi connectivity index (χ4n) is 3.08. The van der Waals surface area contributed by atoms with Crippen LogP contribution in [0.2, 0.25) is 0 Å². The Morgan fingerprint density at radius 2 is 2.31 bits per heavy atom. The van der Waals surface area contributed by atoms with Gasteiger partial charge in [-0.05, 0) is 30.6 Å². The molecule has 2 unspecified atom stereocenters. The molecule has 0 spiro atoms. The second-order valence-electron chi connectivity index (χ2n) is 5.98. The van der Waals surface area contributed by atoms with E-state index in [0.29, 0.717) is 11.5 Å². The van der Waals surface area contributed by atoms with Gasteiger partial charge in [0.1, 0.15) is 6.26 Å². The van der Waals surface area contributed by atoms with Gasteiger partial charge in [-0.3, -0.25) is 0 Å². The number of aromatic nitrogens is 1. The maximum atomic E-state index is 4.83. The summed E-state index contributed by atoms with van der Waals surface area (Å²) in [5.41, 5.74) is 1.47. The van der Waals surface area contributed by atoms with Crippen LogP contribution in [-0.4, -0.2) is 11.2 Å². The highest BCUT2D eigenvalue weighted by atomic mass is 16.5. The topological polar surface area (TPSA) is 38.1 Å². The smallest absolute Gasteiger partial charge is 0.124 e. The second kappa shape index (κ2) is 4.58. The lowest BCUT2D eigenvalue weighted by molar-refractivity contribution is 0.150. The lowest BCUT2D eigenvalue weighted by Crippen LogP contribution is -2.39. The van der Waals surface area contributed by atoms with Crippen molar-refractivity contribution in [1.82, 2.24) is 10.5 Å². The van der Waals surface area contributed by atoms with E-state index in [0.717, 1.165) is 18.2 Å². The highest BCUT2D eigenvalue weighted by Gasteiger charge is 2.31. The third kappa shape index (κ3) is 3.08. The molecule has 0 aliphatic heterocycles. The van der Waals surface area contributed by atoms with Crippen LogP contribution in [0.4, 0.5) is 0 Å². The third-order valence-corrected chi connectivity index (χ3v) is 3.45. The molecule has 0 radical (unpaired) electrons. The van der Waals surface area contributed by atoms with Gasteiger partial charge in [0.15, 0.2) is 0 Å². The van der Waals surface area contributed by atoms with Crippen LogP contribution < -0.4 is 5.32 Å². The van der Waals surface area contributed by atoms with Crippen LogP contribution in [0.15, 0.2) is 16.9 Å². The molecule has 0 aromatic carbocycles. The highest BCUT2D eigenvalue weighted by molar-refractivity contribution is 4.96. The number of hydrogen-bond acceptors (Lipinski definition) is 3. The van der Waals surface area contributed by atoms with Gasteiger partial charge in [0, 0.05) is 18.7 Å². The zero-order valence-corrected chi connectivity index (χ0v) is 10.5. The Balaban J connectivity index is 1.85. The van der Waals surface area contributed by atoms with Gasteiger partial charge in [-0.2, -0.15) is 0 Å². The molecule has 0 bridgehead atoms. The van der Waals surface area contributed by atoms with Crippen LogP contribution in [0.1, 0.15) is 45.7 Å². The minimum atomic E-state index is 0.471. The van der Waals surface area contributed by atoms with Crippen LogP contribution in [0.25, 0.3) is 0 Å². The van der Waals surface area contributed by atoms with Crippen molar-refractivity contribution >= 4 is 0 Å². The first-order chi connectivity index (χ1) is 7.55. The molecule has 0 saturated heterocycles. The molecule has 1 aliphatic carbocycles. The van der Waals surface area contributed by atoms with E-state index in [-0.39, 0.29) is 0 Å². The Labute approximate surface area is 97.6 Å². The van der Waals surface area contributed by atoms with Crippen LogP contribution in [0.5, 0.6) is 0 Å². The molecule has 1 aliphatic rings. The highest BCUT2D eigenvalue weighted by Crippen LogP contribution is 2.38. The minimum absolute atomic E-state index is 0.471. The van der Waals surface area contributed by atoms with Crippen molar-refractivity contribution in [3.8, 4) is 0 Å². The van der Waals surface area contributed by atoms with Crippen molar-refractivity contribution in [3.63, 3.8) is 0 Å². The van der Waals surface area contributed by atoms with Crippen molar-refractivity contribution in [2.24, 2.45) is 11.3 Å². The Kier molecular flexibility index (Phi) is 3.33. The first-order valence-corrected chi connectivity index (χ1v) is 6.18. The molecule has 1 saturated carbocycles. The number of rotatable bonds is 3. The maximum Gasteiger partial charge on any atom is 0.124 e. The van der Waals surface area contributed by atoms with E-state index >= 15 is 0 Å². The van der Waals surface area contributed by atoms with E-state index in [1.54, 1.807) is 6.26 Å². The number of nitrogens with zero attached hydrogens (tertiary/aromatic N) is 1. The Bertz CT molecular complexity index is 319. The lowest BCUT2D eigenvalue weighted by Gasteiger charge is -2.39. The van der Waals surface area contributed by atoms with E-state index < -0.39 is 0 Å². The number of nitrogens with one attached hydrogen (secondary N) is 1. The van der Waals surface area contributed by atoms with Gasteiger partial charge in [-0.25, -0.2) is 0 Å². The summed E-state index contributed by atoms with van der Waals surface area (Å²) in [5, 5.41) is 7.51. The molecule has 3 heteroatoms. The van der Waals surface area contributed by atoms with Gasteiger partial charge in [-0.15, -0.1) is 0 Å². The molecule has 1 fully saturated rings. The van der Waals surface area contributed by atoms with Gasteiger partial charge < -0.3 is 9.84 Å². The summed E-state index contributed by atoms with van der Waals surface area (Å²) < 4.78 is 4.83. The normalized spacial score (nSPS) is 29.2. The monoisotopic (exact) mass is 222 g/mol. The summed E-state index contributed by atoms with van der Waals surface area (Å²) in [6, 6.07) is 2.54. The lowest BCUT2D eigenvalue weighted by atomic mass is 9.70. The summed E-state index contributed by atoms with van der Waals surface area (Å²) in [5.74, 6) is 0.818. The van der Waals surface area contributed by atoms with Gasteiger partial charge in [0.2, 0.25) is 0 Å². The Hall–Kier alpha value is -0.830. The van der Waals surface area contributed by atoms with Crippen LogP contribution in [0, 0.1) is 11.3 Å². The molecule has 1 heterocycles. The molecule has 2 rings (SSSR count). The molecule has 0 amide bonds. The van der Waals surface area contributed by atoms with Crippen molar-refractivity contribution in [3.05, 3.63) is 18.0 Å². The largest absolute Gasteiger partial charge is 0.364 e. The summed E-state index contributed by atoms with van der Waals surface area (Å²) in [6.07, 6.45) is 5.51. The van der Waals surface area contributed by atoms with Crippen LogP contribution in [0.3, 0.4) is 0 Å². The summed E-state index contributed by atoms with van der Waals surface area (Å²) >= 11 is 0. The standard InChI is InChI=1S/C13H22N2O/c1-10-6-12(8-13(2,3)7-10)14-9-11-4-5-16-15-11/h4-5,10,12,14H,6-9H2,1-3H3. The molecule has 3 nitrogen and oxygen atoms in total. The predicted octanol–water partition coefficient (Wildman–Crippen LogP) is 2.98. The summed E-state index contributed by atoms with van der Waals surface area (Å²) in [4.78, 5) is 0. The van der Waals surface area contributed by atoms with Crippen molar-refractivity contribution in [1.29, 1.82) is 0 Å². The molecule has 90 valence electrons. The molecular formula is C13H22N2O. The molecule has 16 heavy (non-hydrogen) atoms. The van der Waals surface area contributed by atoms with Gasteiger partial charge in [0.05, 0.1) is 5.69 Å². The average Bonchev–Trinajstić information content (AvgIpc) is 2.63. The zero-order chi connectivity index (χ0) is 11.6. The van der Waals surface area contributed by atoms with Gasteiger partial charge in [0.25, 0.3) is 0 Å². The van der Waals surface area contributed by atoms with Crippen molar-refractivity contribution < 1.29 is 4.52 Å². The summed E-state index contributed by atoms with van der Waals surface area (Å²) in [6.45, 7) is 7.91. The maximum absolute atomic E-state index is 4.83. The van der Waals surface area contributed by atoms with Crippen LogP contribution >= 0.6 is 0 Å². The van der Waals surface area contributed by atoms with E-state index in [1.165, 1.54) is 19.3 Å². The van der Waals surface area contributed by atoms with Gasteiger partial charge in [-0.1, -0.05) is 25.9 Å². The minimum Gasteiger partial charge on any atom is -0.364 e. The van der Waals surface area contributed by atoms with E-state index in [2.05, 4.69) is 31.2 Å².